The molecule has 1 heterocycles. The summed E-state index contributed by atoms with van der Waals surface area (Å²) in [5.74, 6) is -0.697. The number of anilines is 1. The fourth-order valence-electron chi connectivity index (χ4n) is 4.12. The van der Waals surface area contributed by atoms with Crippen LogP contribution in [0.5, 0.6) is 5.75 Å². The number of hydrogen-bond acceptors (Lipinski definition) is 5. The number of sulfonamides is 1. The predicted molar refractivity (Wildman–Crippen MR) is 133 cm³/mol. The van der Waals surface area contributed by atoms with Crippen molar-refractivity contribution in [3.8, 4) is 5.75 Å². The maximum atomic E-state index is 13.3. The average molecular weight is 534 g/mol. The van der Waals surface area contributed by atoms with Crippen molar-refractivity contribution in [2.24, 2.45) is 0 Å². The third-order valence-electron chi connectivity index (χ3n) is 6.06. The Morgan fingerprint density at radius 1 is 0.973 bits per heavy atom. The summed E-state index contributed by atoms with van der Waals surface area (Å²) in [5.41, 5.74) is 1.73. The topological polar surface area (TPSA) is 70.2 Å². The third kappa shape index (κ3) is 6.41. The van der Waals surface area contributed by atoms with Gasteiger partial charge < -0.3 is 14.5 Å². The standard InChI is InChI=1S/C26H26F3N3O4S/c1-30(18-19-5-11-23(12-6-19)36-26(28)29)25(33)20-3-2-4-24(17-20)37(34,35)32-15-13-31(14-16-32)22-9-7-21(27)8-10-22/h2-12,17,26H,13-16,18H2,1H3. The lowest BCUT2D eigenvalue weighted by Crippen LogP contribution is -2.48. The SMILES string of the molecule is CN(Cc1ccc(OC(F)F)cc1)C(=O)c1cccc(S(=O)(=O)N2CCN(c3ccc(F)cc3)CC2)c1. The summed E-state index contributed by atoms with van der Waals surface area (Å²) in [5, 5.41) is 0. The van der Waals surface area contributed by atoms with Crippen LogP contribution in [0.2, 0.25) is 0 Å². The summed E-state index contributed by atoms with van der Waals surface area (Å²) < 4.78 is 70.1. The van der Waals surface area contributed by atoms with Crippen molar-refractivity contribution in [2.45, 2.75) is 18.1 Å². The van der Waals surface area contributed by atoms with E-state index in [0.29, 0.717) is 18.7 Å². The van der Waals surface area contributed by atoms with Crippen LogP contribution in [0.4, 0.5) is 18.9 Å². The van der Waals surface area contributed by atoms with Crippen molar-refractivity contribution in [3.63, 3.8) is 0 Å². The van der Waals surface area contributed by atoms with Gasteiger partial charge in [0.15, 0.2) is 0 Å². The van der Waals surface area contributed by atoms with Gasteiger partial charge >= 0.3 is 6.61 Å². The second-order valence-corrected chi connectivity index (χ2v) is 10.5. The number of ether oxygens (including phenoxy) is 1. The molecule has 0 atom stereocenters. The van der Waals surface area contributed by atoms with E-state index in [4.69, 9.17) is 0 Å². The Hall–Kier alpha value is -3.57. The second kappa shape index (κ2) is 11.2. The summed E-state index contributed by atoms with van der Waals surface area (Å²) in [6.45, 7) is -1.32. The zero-order chi connectivity index (χ0) is 26.6. The summed E-state index contributed by atoms with van der Waals surface area (Å²) >= 11 is 0. The number of piperazine rings is 1. The average Bonchev–Trinajstić information content (AvgIpc) is 2.89. The predicted octanol–water partition coefficient (Wildman–Crippen LogP) is 4.21. The molecule has 1 fully saturated rings. The molecular formula is C26H26F3N3O4S. The van der Waals surface area contributed by atoms with Crippen molar-refractivity contribution >= 4 is 21.6 Å². The van der Waals surface area contributed by atoms with Crippen LogP contribution in [0.25, 0.3) is 0 Å². The van der Waals surface area contributed by atoms with Crippen LogP contribution in [0.1, 0.15) is 15.9 Å². The Kier molecular flexibility index (Phi) is 8.03. The van der Waals surface area contributed by atoms with E-state index in [-0.39, 0.29) is 47.6 Å². The highest BCUT2D eigenvalue weighted by molar-refractivity contribution is 7.89. The van der Waals surface area contributed by atoms with Gasteiger partial charge in [0.2, 0.25) is 10.0 Å². The first-order valence-corrected chi connectivity index (χ1v) is 13.0. The quantitative estimate of drug-likeness (QED) is 0.434. The van der Waals surface area contributed by atoms with E-state index in [2.05, 4.69) is 4.74 Å². The lowest BCUT2D eigenvalue weighted by molar-refractivity contribution is -0.0498. The minimum Gasteiger partial charge on any atom is -0.435 e. The molecule has 0 bridgehead atoms. The first kappa shape index (κ1) is 26.5. The van der Waals surface area contributed by atoms with Crippen molar-refractivity contribution in [2.75, 3.05) is 38.1 Å². The Balaban J connectivity index is 1.41. The minimum atomic E-state index is -3.83. The van der Waals surface area contributed by atoms with Gasteiger partial charge in [-0.1, -0.05) is 18.2 Å². The van der Waals surface area contributed by atoms with Crippen molar-refractivity contribution < 1.29 is 31.1 Å². The van der Waals surface area contributed by atoms with Crippen molar-refractivity contribution in [1.29, 1.82) is 0 Å². The number of hydrogen-bond donors (Lipinski definition) is 0. The van der Waals surface area contributed by atoms with Gasteiger partial charge in [-0.05, 0) is 60.2 Å². The smallest absolute Gasteiger partial charge is 0.387 e. The molecule has 1 aliphatic heterocycles. The molecule has 4 rings (SSSR count). The Bertz CT molecular complexity index is 1330. The zero-order valence-corrected chi connectivity index (χ0v) is 20.9. The molecule has 0 radical (unpaired) electrons. The summed E-state index contributed by atoms with van der Waals surface area (Å²) in [6, 6.07) is 17.9. The highest BCUT2D eigenvalue weighted by Gasteiger charge is 2.29. The maximum Gasteiger partial charge on any atom is 0.387 e. The van der Waals surface area contributed by atoms with E-state index in [1.54, 1.807) is 37.4 Å². The van der Waals surface area contributed by atoms with E-state index in [9.17, 15) is 26.4 Å². The number of halogens is 3. The number of nitrogens with zero attached hydrogens (tertiary/aromatic N) is 3. The molecule has 0 aliphatic carbocycles. The van der Waals surface area contributed by atoms with Gasteiger partial charge in [0.05, 0.1) is 4.90 Å². The van der Waals surface area contributed by atoms with Gasteiger partial charge in [-0.2, -0.15) is 13.1 Å². The van der Waals surface area contributed by atoms with Gasteiger partial charge in [0, 0.05) is 51.0 Å². The fourth-order valence-corrected chi connectivity index (χ4v) is 5.59. The van der Waals surface area contributed by atoms with Crippen LogP contribution in [0.3, 0.4) is 0 Å². The molecule has 0 aromatic heterocycles. The lowest BCUT2D eigenvalue weighted by atomic mass is 10.1. The largest absolute Gasteiger partial charge is 0.435 e. The van der Waals surface area contributed by atoms with Gasteiger partial charge in [-0.25, -0.2) is 12.8 Å². The highest BCUT2D eigenvalue weighted by atomic mass is 32.2. The van der Waals surface area contributed by atoms with E-state index >= 15 is 0 Å². The Morgan fingerprint density at radius 2 is 1.62 bits per heavy atom. The van der Waals surface area contributed by atoms with Gasteiger partial charge in [0.25, 0.3) is 5.91 Å². The monoisotopic (exact) mass is 533 g/mol. The van der Waals surface area contributed by atoms with Crippen LogP contribution in [0, 0.1) is 5.82 Å². The maximum absolute atomic E-state index is 13.3. The summed E-state index contributed by atoms with van der Waals surface area (Å²) in [7, 11) is -2.26. The molecule has 11 heteroatoms. The Labute approximate surface area is 213 Å². The number of alkyl halides is 2. The first-order valence-electron chi connectivity index (χ1n) is 11.5. The lowest BCUT2D eigenvalue weighted by Gasteiger charge is -2.35. The van der Waals surface area contributed by atoms with Crippen LogP contribution >= 0.6 is 0 Å². The molecule has 0 unspecified atom stereocenters. The number of rotatable bonds is 8. The molecule has 0 saturated carbocycles. The molecule has 0 N–H and O–H groups in total. The number of amides is 1. The first-order chi connectivity index (χ1) is 17.6. The number of carbonyl (C=O) groups is 1. The van der Waals surface area contributed by atoms with Crippen molar-refractivity contribution in [1.82, 2.24) is 9.21 Å². The number of benzene rings is 3. The van der Waals surface area contributed by atoms with Crippen LogP contribution in [-0.4, -0.2) is 63.4 Å². The molecule has 1 aliphatic rings. The molecule has 0 spiro atoms. The fraction of sp³-hybridized carbons (Fsp3) is 0.269. The normalized spacial score (nSPS) is 14.6. The van der Waals surface area contributed by atoms with Crippen LogP contribution < -0.4 is 9.64 Å². The minimum absolute atomic E-state index is 0.0177. The summed E-state index contributed by atoms with van der Waals surface area (Å²) in [6.07, 6.45) is 0. The Morgan fingerprint density at radius 3 is 2.24 bits per heavy atom. The molecule has 3 aromatic rings. The van der Waals surface area contributed by atoms with Crippen LogP contribution in [0.15, 0.2) is 77.7 Å². The van der Waals surface area contributed by atoms with Gasteiger partial charge in [0.1, 0.15) is 11.6 Å². The molecular weight excluding hydrogens is 507 g/mol. The van der Waals surface area contributed by atoms with Gasteiger partial charge in [-0.3, -0.25) is 4.79 Å². The zero-order valence-electron chi connectivity index (χ0n) is 20.1. The van der Waals surface area contributed by atoms with E-state index in [0.717, 1.165) is 5.69 Å². The third-order valence-corrected chi connectivity index (χ3v) is 7.96. The second-order valence-electron chi connectivity index (χ2n) is 8.58. The number of carbonyl (C=O) groups excluding carboxylic acids is 1. The molecule has 1 saturated heterocycles. The van der Waals surface area contributed by atoms with Crippen molar-refractivity contribution in [3.05, 3.63) is 89.7 Å². The molecule has 196 valence electrons. The molecule has 3 aromatic carbocycles. The van der Waals surface area contributed by atoms with E-state index in [1.807, 2.05) is 4.90 Å². The molecule has 37 heavy (non-hydrogen) atoms. The summed E-state index contributed by atoms with van der Waals surface area (Å²) in [4.78, 5) is 16.4. The highest BCUT2D eigenvalue weighted by Crippen LogP contribution is 2.23. The van der Waals surface area contributed by atoms with E-state index in [1.165, 1.54) is 51.7 Å². The molecule has 1 amide bonds. The van der Waals surface area contributed by atoms with Gasteiger partial charge in [-0.15, -0.1) is 0 Å². The van der Waals surface area contributed by atoms with E-state index < -0.39 is 16.6 Å². The van der Waals surface area contributed by atoms with Crippen LogP contribution in [-0.2, 0) is 16.6 Å². The molecule has 7 nitrogen and oxygen atoms in total.